The van der Waals surface area contributed by atoms with E-state index in [9.17, 15) is 9.59 Å². The zero-order chi connectivity index (χ0) is 19.9. The standard InChI is InChI=1S/C24H25NO3/c1-24(2)14-20-23(22(27)15-24)21(26)13-19(16-7-5-4-6-8-16)25(20)17-9-11-18(28-3)12-10-17/h4-12,19H,13-15H2,1-3H3/t19-/m1/s1. The van der Waals surface area contributed by atoms with E-state index in [-0.39, 0.29) is 23.0 Å². The number of ether oxygens (including phenoxy) is 1. The molecule has 0 saturated carbocycles. The van der Waals surface area contributed by atoms with E-state index < -0.39 is 0 Å². The lowest BCUT2D eigenvalue weighted by atomic mass is 9.72. The molecule has 0 saturated heterocycles. The lowest BCUT2D eigenvalue weighted by molar-refractivity contribution is -0.124. The first kappa shape index (κ1) is 18.5. The van der Waals surface area contributed by atoms with Gasteiger partial charge in [-0.25, -0.2) is 0 Å². The van der Waals surface area contributed by atoms with Crippen LogP contribution in [-0.2, 0) is 9.59 Å². The second kappa shape index (κ2) is 6.93. The molecule has 2 aliphatic rings. The largest absolute Gasteiger partial charge is 0.497 e. The van der Waals surface area contributed by atoms with Crippen molar-refractivity contribution in [2.45, 2.75) is 39.2 Å². The minimum absolute atomic E-state index is 0.0266. The fourth-order valence-electron chi connectivity index (χ4n) is 4.39. The zero-order valence-electron chi connectivity index (χ0n) is 16.6. The Balaban J connectivity index is 1.89. The normalized spacial score (nSPS) is 21.5. The Morgan fingerprint density at radius 1 is 0.929 bits per heavy atom. The van der Waals surface area contributed by atoms with Crippen molar-refractivity contribution < 1.29 is 14.3 Å². The molecule has 1 aliphatic heterocycles. The Morgan fingerprint density at radius 3 is 2.25 bits per heavy atom. The van der Waals surface area contributed by atoms with E-state index in [1.54, 1.807) is 7.11 Å². The van der Waals surface area contributed by atoms with Gasteiger partial charge in [0.15, 0.2) is 11.6 Å². The molecule has 28 heavy (non-hydrogen) atoms. The molecule has 2 aromatic carbocycles. The van der Waals surface area contributed by atoms with Crippen molar-refractivity contribution in [3.8, 4) is 5.75 Å². The summed E-state index contributed by atoms with van der Waals surface area (Å²) in [5.74, 6) is 0.720. The van der Waals surface area contributed by atoms with Crippen LogP contribution in [0.25, 0.3) is 0 Å². The first-order chi connectivity index (χ1) is 13.4. The summed E-state index contributed by atoms with van der Waals surface area (Å²) in [5, 5.41) is 0. The molecule has 2 aromatic rings. The monoisotopic (exact) mass is 375 g/mol. The Morgan fingerprint density at radius 2 is 1.61 bits per heavy atom. The average Bonchev–Trinajstić information content (AvgIpc) is 2.67. The molecule has 4 rings (SSSR count). The first-order valence-corrected chi connectivity index (χ1v) is 9.67. The Labute approximate surface area is 165 Å². The van der Waals surface area contributed by atoms with Crippen LogP contribution in [0, 0.1) is 5.41 Å². The third-order valence-electron chi connectivity index (χ3n) is 5.65. The van der Waals surface area contributed by atoms with Gasteiger partial charge in [0.1, 0.15) is 5.75 Å². The van der Waals surface area contributed by atoms with Crippen LogP contribution in [0.4, 0.5) is 5.69 Å². The SMILES string of the molecule is COc1ccc(N2C3=C(C(=O)C[C@@H]2c2ccccc2)C(=O)CC(C)(C)C3)cc1. The summed E-state index contributed by atoms with van der Waals surface area (Å²) >= 11 is 0. The third kappa shape index (κ3) is 3.24. The number of benzene rings is 2. The van der Waals surface area contributed by atoms with Gasteiger partial charge < -0.3 is 9.64 Å². The van der Waals surface area contributed by atoms with Crippen LogP contribution >= 0.6 is 0 Å². The maximum Gasteiger partial charge on any atom is 0.170 e. The fraction of sp³-hybridized carbons (Fsp3) is 0.333. The molecular weight excluding hydrogens is 350 g/mol. The van der Waals surface area contributed by atoms with E-state index in [4.69, 9.17) is 4.74 Å². The molecule has 4 heteroatoms. The topological polar surface area (TPSA) is 46.6 Å². The summed E-state index contributed by atoms with van der Waals surface area (Å²) in [6.45, 7) is 4.19. The maximum atomic E-state index is 13.0. The van der Waals surface area contributed by atoms with Crippen LogP contribution < -0.4 is 9.64 Å². The van der Waals surface area contributed by atoms with Crippen molar-refractivity contribution in [3.63, 3.8) is 0 Å². The summed E-state index contributed by atoms with van der Waals surface area (Å²) in [7, 11) is 1.64. The lowest BCUT2D eigenvalue weighted by Gasteiger charge is -2.45. The molecular formula is C24H25NO3. The highest BCUT2D eigenvalue weighted by molar-refractivity contribution is 6.22. The van der Waals surface area contributed by atoms with Crippen LogP contribution in [0.2, 0.25) is 0 Å². The summed E-state index contributed by atoms with van der Waals surface area (Å²) in [6.07, 6.45) is 1.43. The summed E-state index contributed by atoms with van der Waals surface area (Å²) in [4.78, 5) is 28.0. The number of rotatable bonds is 3. The second-order valence-electron chi connectivity index (χ2n) is 8.38. The predicted octanol–water partition coefficient (Wildman–Crippen LogP) is 4.86. The molecule has 144 valence electrons. The van der Waals surface area contributed by atoms with Crippen LogP contribution in [0.15, 0.2) is 65.9 Å². The number of Topliss-reactive ketones (excluding diaryl/α,β-unsaturated/α-hetero) is 2. The van der Waals surface area contributed by atoms with Gasteiger partial charge in [0, 0.05) is 24.2 Å². The fourth-order valence-corrected chi connectivity index (χ4v) is 4.39. The first-order valence-electron chi connectivity index (χ1n) is 9.67. The number of anilines is 1. The summed E-state index contributed by atoms with van der Waals surface area (Å²) in [5.41, 5.74) is 3.15. The molecule has 1 atom stereocenters. The molecule has 1 heterocycles. The van der Waals surface area contributed by atoms with E-state index in [0.717, 1.165) is 22.7 Å². The molecule has 0 N–H and O–H groups in total. The number of nitrogens with zero attached hydrogens (tertiary/aromatic N) is 1. The maximum absolute atomic E-state index is 13.0. The summed E-state index contributed by atoms with van der Waals surface area (Å²) in [6, 6.07) is 17.8. The molecule has 0 radical (unpaired) electrons. The van der Waals surface area contributed by atoms with E-state index in [0.29, 0.717) is 24.8 Å². The van der Waals surface area contributed by atoms with Gasteiger partial charge in [-0.3, -0.25) is 9.59 Å². The van der Waals surface area contributed by atoms with Crippen molar-refractivity contribution in [2.24, 2.45) is 5.41 Å². The molecule has 0 bridgehead atoms. The number of allylic oxidation sites excluding steroid dienone is 2. The summed E-state index contributed by atoms with van der Waals surface area (Å²) < 4.78 is 5.30. The molecule has 0 unspecified atom stereocenters. The molecule has 0 fully saturated rings. The highest BCUT2D eigenvalue weighted by Crippen LogP contribution is 2.47. The van der Waals surface area contributed by atoms with Crippen LogP contribution in [0.3, 0.4) is 0 Å². The highest BCUT2D eigenvalue weighted by atomic mass is 16.5. The molecule has 0 aromatic heterocycles. The van der Waals surface area contributed by atoms with Gasteiger partial charge in [-0.1, -0.05) is 44.2 Å². The van der Waals surface area contributed by atoms with Crippen LogP contribution in [-0.4, -0.2) is 18.7 Å². The van der Waals surface area contributed by atoms with Gasteiger partial charge in [-0.05, 0) is 41.7 Å². The number of hydrogen-bond donors (Lipinski definition) is 0. The number of hydrogen-bond acceptors (Lipinski definition) is 4. The molecule has 1 aliphatic carbocycles. The van der Waals surface area contributed by atoms with E-state index >= 15 is 0 Å². The highest BCUT2D eigenvalue weighted by Gasteiger charge is 2.44. The molecule has 0 amide bonds. The van der Waals surface area contributed by atoms with Gasteiger partial charge in [0.05, 0.1) is 18.7 Å². The predicted molar refractivity (Wildman–Crippen MR) is 109 cm³/mol. The van der Waals surface area contributed by atoms with Gasteiger partial charge in [-0.2, -0.15) is 0 Å². The third-order valence-corrected chi connectivity index (χ3v) is 5.65. The van der Waals surface area contributed by atoms with Crippen molar-refractivity contribution in [1.29, 1.82) is 0 Å². The van der Waals surface area contributed by atoms with Crippen molar-refractivity contribution in [1.82, 2.24) is 0 Å². The van der Waals surface area contributed by atoms with E-state index in [1.807, 2.05) is 42.5 Å². The number of methoxy groups -OCH3 is 1. The van der Waals surface area contributed by atoms with Crippen molar-refractivity contribution >= 4 is 17.3 Å². The lowest BCUT2D eigenvalue weighted by Crippen LogP contribution is -2.43. The second-order valence-corrected chi connectivity index (χ2v) is 8.38. The minimum atomic E-state index is -0.167. The Hall–Kier alpha value is -2.88. The number of ketones is 2. The van der Waals surface area contributed by atoms with Gasteiger partial charge >= 0.3 is 0 Å². The van der Waals surface area contributed by atoms with Crippen molar-refractivity contribution in [3.05, 3.63) is 71.4 Å². The van der Waals surface area contributed by atoms with E-state index in [2.05, 4.69) is 30.9 Å². The Kier molecular flexibility index (Phi) is 4.58. The molecule has 0 spiro atoms. The van der Waals surface area contributed by atoms with Gasteiger partial charge in [0.2, 0.25) is 0 Å². The van der Waals surface area contributed by atoms with Crippen molar-refractivity contribution in [2.75, 3.05) is 12.0 Å². The van der Waals surface area contributed by atoms with Gasteiger partial charge in [0.25, 0.3) is 0 Å². The number of carbonyl (C=O) groups is 2. The quantitative estimate of drug-likeness (QED) is 0.719. The smallest absolute Gasteiger partial charge is 0.170 e. The average molecular weight is 375 g/mol. The van der Waals surface area contributed by atoms with Crippen LogP contribution in [0.1, 0.15) is 44.7 Å². The van der Waals surface area contributed by atoms with E-state index in [1.165, 1.54) is 0 Å². The zero-order valence-corrected chi connectivity index (χ0v) is 16.6. The molecule has 4 nitrogen and oxygen atoms in total. The Bertz CT molecular complexity index is 942. The minimum Gasteiger partial charge on any atom is -0.497 e. The number of carbonyl (C=O) groups excluding carboxylic acids is 2. The van der Waals surface area contributed by atoms with Gasteiger partial charge in [-0.15, -0.1) is 0 Å². The van der Waals surface area contributed by atoms with Crippen LogP contribution in [0.5, 0.6) is 5.75 Å².